The number of fused-ring (bicyclic) bond motifs is 3. The summed E-state index contributed by atoms with van der Waals surface area (Å²) in [6.45, 7) is 1.86. The first-order chi connectivity index (χ1) is 9.92. The largest absolute Gasteiger partial charge is 0.456 e. The summed E-state index contributed by atoms with van der Waals surface area (Å²) in [4.78, 5) is 0. The predicted molar refractivity (Wildman–Crippen MR) is 86.5 cm³/mol. The van der Waals surface area contributed by atoms with Crippen molar-refractivity contribution in [2.75, 3.05) is 17.3 Å². The highest BCUT2D eigenvalue weighted by Gasteiger charge is 2.12. The first-order valence-corrected chi connectivity index (χ1v) is 8.84. The molecule has 0 saturated heterocycles. The van der Waals surface area contributed by atoms with Crippen molar-refractivity contribution in [3.05, 3.63) is 42.5 Å². The molecule has 21 heavy (non-hydrogen) atoms. The Hall–Kier alpha value is -2.01. The molecule has 0 spiro atoms. The third-order valence-electron chi connectivity index (χ3n) is 3.34. The predicted octanol–water partition coefficient (Wildman–Crippen LogP) is 3.43. The van der Waals surface area contributed by atoms with Crippen LogP contribution in [-0.4, -0.2) is 26.5 Å². The van der Waals surface area contributed by atoms with Gasteiger partial charge in [0, 0.05) is 28.8 Å². The van der Waals surface area contributed by atoms with Gasteiger partial charge in [0.15, 0.2) is 0 Å². The molecule has 0 aliphatic rings. The molecule has 3 aromatic rings. The molecule has 0 radical (unpaired) electrons. The molecule has 1 aromatic heterocycles. The van der Waals surface area contributed by atoms with E-state index in [1.54, 1.807) is 0 Å². The molecular formula is C16H17NO3S. The average molecular weight is 303 g/mol. The maximum absolute atomic E-state index is 11.3. The Morgan fingerprint density at radius 2 is 1.81 bits per heavy atom. The van der Waals surface area contributed by atoms with E-state index < -0.39 is 9.84 Å². The molecule has 0 aliphatic heterocycles. The van der Waals surface area contributed by atoms with Crippen molar-refractivity contribution in [1.82, 2.24) is 0 Å². The summed E-state index contributed by atoms with van der Waals surface area (Å²) < 4.78 is 28.4. The number of benzene rings is 2. The highest BCUT2D eigenvalue weighted by Crippen LogP contribution is 2.30. The topological polar surface area (TPSA) is 59.3 Å². The van der Waals surface area contributed by atoms with Crippen molar-refractivity contribution in [2.45, 2.75) is 13.0 Å². The van der Waals surface area contributed by atoms with Crippen molar-refractivity contribution in [1.29, 1.82) is 0 Å². The van der Waals surface area contributed by atoms with E-state index in [0.29, 0.717) is 0 Å². The minimum Gasteiger partial charge on any atom is -0.456 e. The van der Waals surface area contributed by atoms with Crippen molar-refractivity contribution >= 4 is 37.5 Å². The van der Waals surface area contributed by atoms with Crippen LogP contribution in [0.2, 0.25) is 0 Å². The van der Waals surface area contributed by atoms with E-state index in [-0.39, 0.29) is 11.8 Å². The summed E-state index contributed by atoms with van der Waals surface area (Å²) in [7, 11) is -2.99. The number of hydrogen-bond donors (Lipinski definition) is 1. The Balaban J connectivity index is 1.95. The van der Waals surface area contributed by atoms with Gasteiger partial charge in [-0.1, -0.05) is 18.2 Å². The summed E-state index contributed by atoms with van der Waals surface area (Å²) >= 11 is 0. The van der Waals surface area contributed by atoms with E-state index >= 15 is 0 Å². The SMILES string of the molecule is CC(CS(C)(=O)=O)Nc1ccc2oc3ccccc3c2c1. The van der Waals surface area contributed by atoms with Crippen molar-refractivity contribution in [2.24, 2.45) is 0 Å². The quantitative estimate of drug-likeness (QED) is 0.802. The van der Waals surface area contributed by atoms with Gasteiger partial charge in [0.1, 0.15) is 21.0 Å². The molecule has 5 heteroatoms. The third-order valence-corrected chi connectivity index (χ3v) is 4.45. The zero-order valence-corrected chi connectivity index (χ0v) is 12.8. The summed E-state index contributed by atoms with van der Waals surface area (Å²) in [6, 6.07) is 13.5. The Morgan fingerprint density at radius 3 is 2.57 bits per heavy atom. The lowest BCUT2D eigenvalue weighted by atomic mass is 10.1. The van der Waals surface area contributed by atoms with Gasteiger partial charge in [-0.25, -0.2) is 8.42 Å². The molecule has 0 fully saturated rings. The number of nitrogens with one attached hydrogen (secondary N) is 1. The van der Waals surface area contributed by atoms with Gasteiger partial charge >= 0.3 is 0 Å². The van der Waals surface area contributed by atoms with Crippen LogP contribution in [0.25, 0.3) is 21.9 Å². The van der Waals surface area contributed by atoms with Gasteiger partial charge in [-0.15, -0.1) is 0 Å². The molecule has 0 aliphatic carbocycles. The molecule has 1 N–H and O–H groups in total. The Bertz CT molecular complexity index is 896. The number of furan rings is 1. The van der Waals surface area contributed by atoms with E-state index in [1.165, 1.54) is 6.26 Å². The molecule has 1 atom stereocenters. The van der Waals surface area contributed by atoms with E-state index in [0.717, 1.165) is 27.6 Å². The zero-order valence-electron chi connectivity index (χ0n) is 12.0. The molecule has 1 heterocycles. The number of sulfone groups is 1. The highest BCUT2D eigenvalue weighted by molar-refractivity contribution is 7.90. The maximum atomic E-state index is 11.3. The van der Waals surface area contributed by atoms with E-state index in [4.69, 9.17) is 4.42 Å². The molecule has 4 nitrogen and oxygen atoms in total. The number of hydrogen-bond acceptors (Lipinski definition) is 4. The fourth-order valence-corrected chi connectivity index (χ4v) is 3.59. The number of anilines is 1. The van der Waals surface area contributed by atoms with Crippen LogP contribution in [0.15, 0.2) is 46.9 Å². The van der Waals surface area contributed by atoms with Crippen LogP contribution in [0.3, 0.4) is 0 Å². The highest BCUT2D eigenvalue weighted by atomic mass is 32.2. The molecule has 3 rings (SSSR count). The first kappa shape index (κ1) is 13.9. The monoisotopic (exact) mass is 303 g/mol. The fraction of sp³-hybridized carbons (Fsp3) is 0.250. The van der Waals surface area contributed by atoms with E-state index in [1.807, 2.05) is 49.4 Å². The minimum atomic E-state index is -2.99. The van der Waals surface area contributed by atoms with Crippen LogP contribution in [-0.2, 0) is 9.84 Å². The van der Waals surface area contributed by atoms with Crippen LogP contribution in [0.4, 0.5) is 5.69 Å². The van der Waals surface area contributed by atoms with Gasteiger partial charge < -0.3 is 9.73 Å². The third kappa shape index (κ3) is 3.03. The maximum Gasteiger partial charge on any atom is 0.149 e. The number of para-hydroxylation sites is 1. The van der Waals surface area contributed by atoms with E-state index in [2.05, 4.69) is 5.32 Å². The lowest BCUT2D eigenvalue weighted by molar-refractivity contribution is 0.598. The van der Waals surface area contributed by atoms with Gasteiger partial charge in [-0.05, 0) is 31.2 Å². The lowest BCUT2D eigenvalue weighted by Gasteiger charge is -2.14. The van der Waals surface area contributed by atoms with Gasteiger partial charge in [0.25, 0.3) is 0 Å². The van der Waals surface area contributed by atoms with Crippen LogP contribution >= 0.6 is 0 Å². The van der Waals surface area contributed by atoms with Crippen LogP contribution in [0.5, 0.6) is 0 Å². The average Bonchev–Trinajstić information content (AvgIpc) is 2.74. The van der Waals surface area contributed by atoms with Gasteiger partial charge in [0.05, 0.1) is 5.75 Å². The molecule has 0 amide bonds. The Labute approximate surface area is 123 Å². The smallest absolute Gasteiger partial charge is 0.149 e. The second kappa shape index (κ2) is 5.07. The second-order valence-corrected chi connectivity index (χ2v) is 7.63. The summed E-state index contributed by atoms with van der Waals surface area (Å²) in [6.07, 6.45) is 1.25. The Kier molecular flexibility index (Phi) is 3.37. The minimum absolute atomic E-state index is 0.108. The first-order valence-electron chi connectivity index (χ1n) is 6.78. The van der Waals surface area contributed by atoms with Crippen LogP contribution < -0.4 is 5.32 Å². The van der Waals surface area contributed by atoms with Crippen molar-refractivity contribution in [3.8, 4) is 0 Å². The standard InChI is InChI=1S/C16H17NO3S/c1-11(10-21(2,18)19)17-12-7-8-16-14(9-12)13-5-3-4-6-15(13)20-16/h3-9,11,17H,10H2,1-2H3. The summed E-state index contributed by atoms with van der Waals surface area (Å²) in [5.41, 5.74) is 2.58. The molecule has 0 saturated carbocycles. The van der Waals surface area contributed by atoms with Gasteiger partial charge in [-0.3, -0.25) is 0 Å². The molecule has 0 bridgehead atoms. The molecule has 2 aromatic carbocycles. The van der Waals surface area contributed by atoms with E-state index in [9.17, 15) is 8.42 Å². The number of rotatable bonds is 4. The Morgan fingerprint density at radius 1 is 1.10 bits per heavy atom. The fourth-order valence-electron chi connectivity index (χ4n) is 2.60. The van der Waals surface area contributed by atoms with Gasteiger partial charge in [0.2, 0.25) is 0 Å². The normalized spacial score (nSPS) is 13.6. The summed E-state index contributed by atoms with van der Waals surface area (Å²) in [5, 5.41) is 5.32. The molecule has 1 unspecified atom stereocenters. The molecular weight excluding hydrogens is 286 g/mol. The molecule has 110 valence electrons. The second-order valence-electron chi connectivity index (χ2n) is 5.45. The van der Waals surface area contributed by atoms with Crippen LogP contribution in [0.1, 0.15) is 6.92 Å². The zero-order chi connectivity index (χ0) is 15.0. The van der Waals surface area contributed by atoms with Crippen molar-refractivity contribution < 1.29 is 12.8 Å². The van der Waals surface area contributed by atoms with Gasteiger partial charge in [-0.2, -0.15) is 0 Å². The summed E-state index contributed by atoms with van der Waals surface area (Å²) in [5.74, 6) is 0.108. The van der Waals surface area contributed by atoms with Crippen molar-refractivity contribution in [3.63, 3.8) is 0 Å². The van der Waals surface area contributed by atoms with Crippen LogP contribution in [0, 0.1) is 0 Å². The lowest BCUT2D eigenvalue weighted by Crippen LogP contribution is -2.24.